The standard InChI is InChI=1S/C51H58FN7O10.C46H50FN7O8/c1-31(46(62)48(64)67-30-41-39-12-8-6-10-37(39)38-11-7-9-13-40(38)41)55-47(63)32(2)56-54-27-33-14-16-34(17-15-33)44(60)20-21-45(61)58-24-22-57(23-25-58)43-19-18-35(26-42(43)52)59-29-36(68-50(59)66)28-53-49(65)69-51(3,4)5;1-28(43(57)45(59)61-27-38-36-9-5-3-7-34(36)35-8-4-6-10-37(35)38)50-44(58)29(2)51-49-25-30-11-13-31(14-12-30)41(55)17-18-42(56)53-21-19-52(20-22-53)40-16-15-32(23-39(40)47)54-26-33(24-48)62-46(54)60/h6-19,26,31-32,36,41,54,56H,20-25,27-30H2,1-5H3,(H,53,65)(H,55,63);3-16,23,28-29,33,38,49,51H,17-22,24-27,48H2,1-2H3,(H,50,58)/t31-,32-,36-;28-,29-,33-/m00/s1. The number of anilines is 4. The molecule has 7 amide bonds. The zero-order valence-corrected chi connectivity index (χ0v) is 73.9. The molecule has 0 aromatic heterocycles. The molecular formula is C97H108F2N14O18. The molecule has 14 rings (SSSR count). The number of halogens is 2. The van der Waals surface area contributed by atoms with Crippen molar-refractivity contribution >= 4 is 99.7 Å². The van der Waals surface area contributed by atoms with Crippen LogP contribution in [0.1, 0.15) is 140 Å². The average Bonchev–Trinajstić information content (AvgIpc) is 1.62. The number of hydrazine groups is 2. The van der Waals surface area contributed by atoms with Gasteiger partial charge in [0.05, 0.1) is 66.6 Å². The fourth-order valence-corrected chi connectivity index (χ4v) is 16.3. The average molecular weight is 1800 g/mol. The molecule has 688 valence electrons. The Labute approximate surface area is 756 Å². The van der Waals surface area contributed by atoms with Gasteiger partial charge in [-0.2, -0.15) is 0 Å². The molecule has 0 bridgehead atoms. The zero-order chi connectivity index (χ0) is 93.3. The van der Waals surface area contributed by atoms with E-state index in [1.807, 2.05) is 107 Å². The van der Waals surface area contributed by atoms with E-state index in [9.17, 15) is 62.3 Å². The summed E-state index contributed by atoms with van der Waals surface area (Å²) in [6.45, 7) is 15.4. The maximum absolute atomic E-state index is 15.4. The van der Waals surface area contributed by atoms with Crippen LogP contribution in [-0.2, 0) is 75.1 Å². The lowest BCUT2D eigenvalue weighted by Gasteiger charge is -2.36. The lowest BCUT2D eigenvalue weighted by Crippen LogP contribution is -2.52. The molecule has 0 spiro atoms. The highest BCUT2D eigenvalue weighted by Crippen LogP contribution is 2.46. The first-order chi connectivity index (χ1) is 62.9. The number of ketones is 4. The number of esters is 2. The highest BCUT2D eigenvalue weighted by atomic mass is 19.1. The predicted molar refractivity (Wildman–Crippen MR) is 482 cm³/mol. The molecule has 32 nitrogen and oxygen atoms in total. The summed E-state index contributed by atoms with van der Waals surface area (Å²) in [5.74, 6) is -6.90. The van der Waals surface area contributed by atoms with Crippen LogP contribution in [0, 0.1) is 11.6 Å². The van der Waals surface area contributed by atoms with E-state index in [0.29, 0.717) is 99.3 Å². The van der Waals surface area contributed by atoms with Gasteiger partial charge in [-0.15, -0.1) is 0 Å². The third-order valence-electron chi connectivity index (χ3n) is 23.6. The van der Waals surface area contributed by atoms with Crippen molar-refractivity contribution in [1.82, 2.24) is 47.5 Å². The van der Waals surface area contributed by atoms with Crippen molar-refractivity contribution in [1.29, 1.82) is 0 Å². The quantitative estimate of drug-likeness (QED) is 0.00603. The van der Waals surface area contributed by atoms with Gasteiger partial charge in [0.25, 0.3) is 11.6 Å². The summed E-state index contributed by atoms with van der Waals surface area (Å²) >= 11 is 0. The normalized spacial score (nSPS) is 16.7. The van der Waals surface area contributed by atoms with E-state index in [1.165, 1.54) is 35.8 Å². The van der Waals surface area contributed by atoms with Crippen molar-refractivity contribution in [2.75, 3.05) is 111 Å². The monoisotopic (exact) mass is 1790 g/mol. The summed E-state index contributed by atoms with van der Waals surface area (Å²) in [5, 5.41) is 7.71. The molecule has 4 fully saturated rings. The van der Waals surface area contributed by atoms with Gasteiger partial charge in [-0.1, -0.05) is 146 Å². The first-order valence-corrected chi connectivity index (χ1v) is 43.7. The molecule has 0 saturated carbocycles. The Bertz CT molecular complexity index is 5490. The van der Waals surface area contributed by atoms with E-state index < -0.39 is 107 Å². The molecule has 0 unspecified atom stereocenters. The minimum Gasteiger partial charge on any atom is -0.459 e. The molecule has 9 N–H and O–H groups in total. The number of hydrogen-bond acceptors (Lipinski definition) is 25. The van der Waals surface area contributed by atoms with E-state index in [2.05, 4.69) is 37.7 Å². The van der Waals surface area contributed by atoms with Crippen LogP contribution in [0.15, 0.2) is 182 Å². The number of nitrogens with two attached hydrogens (primary N) is 1. The Morgan fingerprint density at radius 1 is 0.458 bits per heavy atom. The molecule has 4 heterocycles. The lowest BCUT2D eigenvalue weighted by molar-refractivity contribution is -0.155. The molecule has 8 aromatic rings. The summed E-state index contributed by atoms with van der Waals surface area (Å²) in [4.78, 5) is 175. The highest BCUT2D eigenvalue weighted by Gasteiger charge is 2.39. The van der Waals surface area contributed by atoms with Crippen LogP contribution in [-0.4, -0.2) is 221 Å². The number of carbonyl (C=O) groups excluding carboxylic acids is 13. The minimum atomic E-state index is -1.11. The number of amides is 7. The summed E-state index contributed by atoms with van der Waals surface area (Å²) in [6, 6.07) is 50.6. The van der Waals surface area contributed by atoms with Crippen LogP contribution >= 0.6 is 0 Å². The smallest absolute Gasteiger partial charge is 0.414 e. The van der Waals surface area contributed by atoms with Crippen LogP contribution in [0.2, 0.25) is 0 Å². The van der Waals surface area contributed by atoms with Crippen molar-refractivity contribution in [3.8, 4) is 22.3 Å². The van der Waals surface area contributed by atoms with Crippen LogP contribution in [0.4, 0.5) is 45.9 Å². The van der Waals surface area contributed by atoms with Crippen molar-refractivity contribution in [3.05, 3.63) is 238 Å². The topological polar surface area (TPSA) is 398 Å². The lowest BCUT2D eigenvalue weighted by atomic mass is 9.98. The second-order valence-electron chi connectivity index (χ2n) is 33.9. The van der Waals surface area contributed by atoms with Gasteiger partial charge in [-0.05, 0) is 140 Å². The van der Waals surface area contributed by atoms with Gasteiger partial charge in [-0.3, -0.25) is 59.0 Å². The number of benzene rings is 8. The third-order valence-corrected chi connectivity index (χ3v) is 23.6. The Morgan fingerprint density at radius 3 is 1.17 bits per heavy atom. The number of Topliss-reactive ketones (excluding diaryl/α,β-unsaturated/α-hetero) is 4. The highest BCUT2D eigenvalue weighted by molar-refractivity contribution is 6.36. The van der Waals surface area contributed by atoms with E-state index >= 15 is 8.78 Å². The molecule has 34 heteroatoms. The fraction of sp³-hybridized carbons (Fsp3) is 0.371. The largest absolute Gasteiger partial charge is 0.459 e. The Hall–Kier alpha value is -13.7. The third kappa shape index (κ3) is 23.9. The Morgan fingerprint density at radius 2 is 0.817 bits per heavy atom. The number of piperazine rings is 2. The maximum Gasteiger partial charge on any atom is 0.414 e. The number of hydrogen-bond donors (Lipinski definition) is 8. The molecule has 6 atom stereocenters. The number of alkyl carbamates (subject to hydrolysis) is 1. The van der Waals surface area contributed by atoms with Crippen molar-refractivity contribution < 1.29 is 94.8 Å². The van der Waals surface area contributed by atoms with Gasteiger partial charge >= 0.3 is 30.2 Å². The number of carbonyl (C=O) groups is 13. The first kappa shape index (κ1) is 94.9. The molecular weight excluding hydrogens is 1690 g/mol. The van der Waals surface area contributed by atoms with Crippen molar-refractivity contribution in [2.24, 2.45) is 5.73 Å². The second kappa shape index (κ2) is 43.2. The van der Waals surface area contributed by atoms with E-state index in [0.717, 1.165) is 55.6 Å². The number of nitrogens with one attached hydrogen (secondary N) is 7. The van der Waals surface area contributed by atoms with Crippen LogP contribution in [0.5, 0.6) is 0 Å². The SMILES string of the molecule is C[C@H](NNCc1ccc(C(=O)CCC(=O)N2CCN(c3ccc(N4C[C@H](CN)OC4=O)cc3F)CC2)cc1)C(=O)N[C@@H](C)C(=O)C(=O)OCC1c2ccccc2-c2ccccc21.C[C@H](NNCc1ccc(C(=O)CCC(=O)N2CCN(c3ccc(N4C[C@H](CNC(=O)OC(C)(C)C)OC4=O)cc3F)CC2)cc1)C(=O)N[C@@H](C)C(=O)C(=O)OCC1c2ccccc2-c2ccccc21. The molecule has 0 radical (unpaired) electrons. The Kier molecular flexibility index (Phi) is 31.3. The molecule has 4 aliphatic heterocycles. The zero-order valence-electron chi connectivity index (χ0n) is 73.9. The van der Waals surface area contributed by atoms with Crippen molar-refractivity contribution in [3.63, 3.8) is 0 Å². The van der Waals surface area contributed by atoms with Gasteiger partial charge in [0.15, 0.2) is 11.6 Å². The first-order valence-electron chi connectivity index (χ1n) is 43.7. The van der Waals surface area contributed by atoms with E-state index in [1.54, 1.807) is 117 Å². The summed E-state index contributed by atoms with van der Waals surface area (Å²) in [5.41, 5.74) is 28.9. The number of cyclic esters (lactones) is 2. The maximum atomic E-state index is 15.4. The summed E-state index contributed by atoms with van der Waals surface area (Å²) < 4.78 is 57.2. The van der Waals surface area contributed by atoms with Crippen LogP contribution < -0.4 is 63.0 Å². The van der Waals surface area contributed by atoms with Gasteiger partial charge in [0.2, 0.25) is 23.6 Å². The van der Waals surface area contributed by atoms with E-state index in [4.69, 9.17) is 29.4 Å². The van der Waals surface area contributed by atoms with Crippen molar-refractivity contribution in [2.45, 2.75) is 141 Å². The number of rotatable bonds is 35. The number of ether oxygens (including phenoxy) is 5. The molecule has 8 aromatic carbocycles. The predicted octanol–water partition coefficient (Wildman–Crippen LogP) is 9.23. The van der Waals surface area contributed by atoms with Crippen LogP contribution in [0.25, 0.3) is 22.3 Å². The summed E-state index contributed by atoms with van der Waals surface area (Å²) in [6.07, 6.45) is -2.82. The second-order valence-corrected chi connectivity index (χ2v) is 33.9. The van der Waals surface area contributed by atoms with Gasteiger partial charge in [0, 0.05) is 121 Å². The van der Waals surface area contributed by atoms with Gasteiger partial charge in [-0.25, -0.2) is 43.6 Å². The minimum absolute atomic E-state index is 0.00253. The molecule has 6 aliphatic rings. The van der Waals surface area contributed by atoms with Gasteiger partial charge < -0.3 is 65.0 Å². The molecule has 2 aliphatic carbocycles. The molecule has 131 heavy (non-hydrogen) atoms. The van der Waals surface area contributed by atoms with E-state index in [-0.39, 0.29) is 100 Å². The number of nitrogens with zero attached hydrogens (tertiary/aromatic N) is 6. The Balaban J connectivity index is 0.000000224. The van der Waals surface area contributed by atoms with Gasteiger partial charge in [0.1, 0.15) is 42.7 Å². The molecule has 4 saturated heterocycles. The number of fused-ring (bicyclic) bond motifs is 6. The van der Waals surface area contributed by atoms with Crippen LogP contribution in [0.3, 0.4) is 0 Å². The fourth-order valence-electron chi connectivity index (χ4n) is 16.3. The summed E-state index contributed by atoms with van der Waals surface area (Å²) in [7, 11) is 0.